The molecule has 1 aliphatic heterocycles. The molecule has 0 aliphatic carbocycles. The van der Waals surface area contributed by atoms with E-state index in [0.717, 1.165) is 11.4 Å². The molecular formula is C8H13N3. The highest BCUT2D eigenvalue weighted by molar-refractivity contribution is 5.30. The molecule has 0 aromatic carbocycles. The van der Waals surface area contributed by atoms with Crippen molar-refractivity contribution < 1.29 is 0 Å². The summed E-state index contributed by atoms with van der Waals surface area (Å²) in [5.74, 6) is 0. The summed E-state index contributed by atoms with van der Waals surface area (Å²) in [5.41, 5.74) is 2.24. The Morgan fingerprint density at radius 2 is 2.27 bits per heavy atom. The number of hydrogen-bond acceptors (Lipinski definition) is 3. The molecule has 0 spiro atoms. The number of nitrogens with one attached hydrogen (secondary N) is 2. The lowest BCUT2D eigenvalue weighted by atomic mass is 10.3. The van der Waals surface area contributed by atoms with E-state index in [-0.39, 0.29) is 0 Å². The maximum Gasteiger partial charge on any atom is 0.0933 e. The summed E-state index contributed by atoms with van der Waals surface area (Å²) in [7, 11) is 0. The van der Waals surface area contributed by atoms with Gasteiger partial charge in [-0.3, -0.25) is 4.99 Å². The summed E-state index contributed by atoms with van der Waals surface area (Å²) in [6.07, 6.45) is 3.89. The molecule has 0 radical (unpaired) electrons. The van der Waals surface area contributed by atoms with E-state index >= 15 is 0 Å². The smallest absolute Gasteiger partial charge is 0.0933 e. The maximum atomic E-state index is 3.63. The van der Waals surface area contributed by atoms with Crippen molar-refractivity contribution in [2.45, 2.75) is 20.0 Å². The third kappa shape index (κ3) is 1.83. The van der Waals surface area contributed by atoms with E-state index < -0.39 is 0 Å². The van der Waals surface area contributed by atoms with E-state index in [1.807, 2.05) is 13.0 Å². The molecule has 0 saturated heterocycles. The first-order valence-electron chi connectivity index (χ1n) is 3.60. The zero-order valence-electron chi connectivity index (χ0n) is 6.89. The van der Waals surface area contributed by atoms with Crippen LogP contribution in [0.2, 0.25) is 0 Å². The molecule has 0 fully saturated rings. The SMILES string of the molecule is C=N/C=C\C1=C(C)NC(C)N1. The molecular weight excluding hydrogens is 138 g/mol. The van der Waals surface area contributed by atoms with Gasteiger partial charge in [-0.1, -0.05) is 0 Å². The molecule has 0 bridgehead atoms. The second-order valence-corrected chi connectivity index (χ2v) is 2.55. The summed E-state index contributed by atoms with van der Waals surface area (Å²) in [6, 6.07) is 0. The fourth-order valence-corrected chi connectivity index (χ4v) is 1.08. The Bertz CT molecular complexity index is 215. The number of nitrogens with zero attached hydrogens (tertiary/aromatic N) is 1. The lowest BCUT2D eigenvalue weighted by Crippen LogP contribution is -2.28. The van der Waals surface area contributed by atoms with Crippen molar-refractivity contribution >= 4 is 6.72 Å². The third-order valence-electron chi connectivity index (χ3n) is 1.56. The Morgan fingerprint density at radius 3 is 2.73 bits per heavy atom. The number of allylic oxidation sites excluding steroid dienone is 2. The predicted octanol–water partition coefficient (Wildman–Crippen LogP) is 0.971. The van der Waals surface area contributed by atoms with Crippen molar-refractivity contribution in [2.24, 2.45) is 4.99 Å². The fourth-order valence-electron chi connectivity index (χ4n) is 1.08. The average Bonchev–Trinajstić information content (AvgIpc) is 2.26. The molecule has 0 saturated carbocycles. The molecule has 3 heteroatoms. The van der Waals surface area contributed by atoms with Crippen LogP contribution in [0.3, 0.4) is 0 Å². The van der Waals surface area contributed by atoms with Crippen LogP contribution in [0.4, 0.5) is 0 Å². The summed E-state index contributed by atoms with van der Waals surface area (Å²) in [4.78, 5) is 3.63. The minimum Gasteiger partial charge on any atom is -0.368 e. The van der Waals surface area contributed by atoms with Crippen molar-refractivity contribution in [3.05, 3.63) is 23.7 Å². The first-order valence-corrected chi connectivity index (χ1v) is 3.60. The highest BCUT2D eigenvalue weighted by Crippen LogP contribution is 2.07. The summed E-state index contributed by atoms with van der Waals surface area (Å²) in [6.45, 7) is 7.45. The second kappa shape index (κ2) is 3.23. The van der Waals surface area contributed by atoms with Gasteiger partial charge in [0.25, 0.3) is 0 Å². The molecule has 60 valence electrons. The molecule has 1 unspecified atom stereocenters. The van der Waals surface area contributed by atoms with Crippen LogP contribution in [-0.4, -0.2) is 12.9 Å². The van der Waals surface area contributed by atoms with Crippen LogP contribution in [-0.2, 0) is 0 Å². The fraction of sp³-hybridized carbons (Fsp3) is 0.375. The first-order chi connectivity index (χ1) is 5.24. The van der Waals surface area contributed by atoms with E-state index in [1.165, 1.54) is 0 Å². The Kier molecular flexibility index (Phi) is 2.31. The number of rotatable bonds is 2. The highest BCUT2D eigenvalue weighted by atomic mass is 15.2. The van der Waals surface area contributed by atoms with Gasteiger partial charge in [-0.05, 0) is 26.6 Å². The zero-order chi connectivity index (χ0) is 8.27. The van der Waals surface area contributed by atoms with Crippen LogP contribution in [0.1, 0.15) is 13.8 Å². The molecule has 11 heavy (non-hydrogen) atoms. The summed E-state index contributed by atoms with van der Waals surface area (Å²) < 4.78 is 0. The quantitative estimate of drug-likeness (QED) is 0.577. The first kappa shape index (κ1) is 7.85. The highest BCUT2D eigenvalue weighted by Gasteiger charge is 2.11. The molecule has 0 aromatic heterocycles. The lowest BCUT2D eigenvalue weighted by molar-refractivity contribution is 0.607. The van der Waals surface area contributed by atoms with Crippen LogP contribution < -0.4 is 10.6 Å². The van der Waals surface area contributed by atoms with Crippen LogP contribution in [0.25, 0.3) is 0 Å². The predicted molar refractivity (Wildman–Crippen MR) is 47.1 cm³/mol. The molecule has 1 rings (SSSR count). The minimum atomic E-state index is 0.319. The van der Waals surface area contributed by atoms with Gasteiger partial charge in [0.2, 0.25) is 0 Å². The monoisotopic (exact) mass is 151 g/mol. The van der Waals surface area contributed by atoms with Crippen LogP contribution in [0.5, 0.6) is 0 Å². The van der Waals surface area contributed by atoms with Gasteiger partial charge in [-0.2, -0.15) is 0 Å². The number of aliphatic imine (C=N–C) groups is 1. The van der Waals surface area contributed by atoms with Gasteiger partial charge in [0.1, 0.15) is 0 Å². The Hall–Kier alpha value is -1.25. The summed E-state index contributed by atoms with van der Waals surface area (Å²) in [5, 5.41) is 6.46. The molecule has 1 aliphatic rings. The van der Waals surface area contributed by atoms with Gasteiger partial charge < -0.3 is 10.6 Å². The third-order valence-corrected chi connectivity index (χ3v) is 1.56. The van der Waals surface area contributed by atoms with Crippen molar-refractivity contribution in [3.63, 3.8) is 0 Å². The molecule has 2 N–H and O–H groups in total. The van der Waals surface area contributed by atoms with Crippen molar-refractivity contribution in [1.29, 1.82) is 0 Å². The van der Waals surface area contributed by atoms with Crippen molar-refractivity contribution in [1.82, 2.24) is 10.6 Å². The van der Waals surface area contributed by atoms with Crippen molar-refractivity contribution in [3.8, 4) is 0 Å². The van der Waals surface area contributed by atoms with E-state index in [2.05, 4.69) is 29.3 Å². The van der Waals surface area contributed by atoms with E-state index in [0.29, 0.717) is 6.17 Å². The number of hydrogen-bond donors (Lipinski definition) is 2. The molecule has 0 amide bonds. The van der Waals surface area contributed by atoms with E-state index in [9.17, 15) is 0 Å². The lowest BCUT2D eigenvalue weighted by Gasteiger charge is -2.04. The van der Waals surface area contributed by atoms with Crippen LogP contribution in [0.15, 0.2) is 28.7 Å². The largest absolute Gasteiger partial charge is 0.368 e. The topological polar surface area (TPSA) is 36.4 Å². The molecule has 0 aromatic rings. The van der Waals surface area contributed by atoms with Gasteiger partial charge in [0.05, 0.1) is 11.9 Å². The van der Waals surface area contributed by atoms with Crippen LogP contribution >= 0.6 is 0 Å². The summed E-state index contributed by atoms with van der Waals surface area (Å²) >= 11 is 0. The van der Waals surface area contributed by atoms with Gasteiger partial charge in [0, 0.05) is 11.9 Å². The minimum absolute atomic E-state index is 0.319. The standard InChI is InChI=1S/C8H13N3/c1-6-8(4-5-9-3)11-7(2)10-6/h4-5,7,10-11H,3H2,1-2H3/b5-4-. The maximum absolute atomic E-state index is 3.63. The molecule has 1 atom stereocenters. The van der Waals surface area contributed by atoms with Crippen molar-refractivity contribution in [2.75, 3.05) is 0 Å². The molecule has 3 nitrogen and oxygen atoms in total. The van der Waals surface area contributed by atoms with Gasteiger partial charge in [-0.15, -0.1) is 0 Å². The second-order valence-electron chi connectivity index (χ2n) is 2.55. The normalized spacial score (nSPS) is 23.6. The average molecular weight is 151 g/mol. The van der Waals surface area contributed by atoms with E-state index in [1.54, 1.807) is 6.20 Å². The Balaban J connectivity index is 2.64. The van der Waals surface area contributed by atoms with E-state index in [4.69, 9.17) is 0 Å². The Morgan fingerprint density at radius 1 is 1.55 bits per heavy atom. The van der Waals surface area contributed by atoms with Crippen LogP contribution in [0, 0.1) is 0 Å². The van der Waals surface area contributed by atoms with Gasteiger partial charge in [-0.25, -0.2) is 0 Å². The van der Waals surface area contributed by atoms with Gasteiger partial charge in [0.15, 0.2) is 0 Å². The molecule has 1 heterocycles. The Labute approximate surface area is 66.9 Å². The zero-order valence-corrected chi connectivity index (χ0v) is 6.89. The van der Waals surface area contributed by atoms with Gasteiger partial charge >= 0.3 is 0 Å².